The van der Waals surface area contributed by atoms with Crippen molar-refractivity contribution in [3.05, 3.63) is 277 Å². The second-order valence-corrected chi connectivity index (χ2v) is 32.0. The number of rotatable bonds is 10. The molecule has 2 heterocycles. The Labute approximate surface area is 461 Å². The molecule has 0 N–H and O–H groups in total. The van der Waals surface area contributed by atoms with Crippen molar-refractivity contribution in [3.8, 4) is 0 Å². The highest BCUT2D eigenvalue weighted by molar-refractivity contribution is 8.00. The third-order valence-corrected chi connectivity index (χ3v) is 30.2. The molecule has 10 aromatic carbocycles. The minimum absolute atomic E-state index is 0.213. The van der Waals surface area contributed by atoms with Gasteiger partial charge in [-0.15, -0.1) is 0 Å². The van der Waals surface area contributed by atoms with E-state index < -0.39 is 61.7 Å². The number of hydrogen-bond acceptors (Lipinski definition) is 2. The molecular formula is C68H60S2Si3. The van der Waals surface area contributed by atoms with Crippen molar-refractivity contribution in [1.82, 2.24) is 0 Å². The molecule has 0 fully saturated rings. The first-order valence-corrected chi connectivity index (χ1v) is 32.4. The number of benzene rings is 10. The van der Waals surface area contributed by atoms with Crippen LogP contribution in [0.1, 0.15) is 66.3 Å². The lowest BCUT2D eigenvalue weighted by Gasteiger charge is -2.41. The van der Waals surface area contributed by atoms with Crippen LogP contribution in [0.2, 0.25) is 13.0 Å². The van der Waals surface area contributed by atoms with Crippen LogP contribution in [-0.2, 0) is 10.8 Å². The summed E-state index contributed by atoms with van der Waals surface area (Å²) in [5.41, 5.74) is -0.0868. The third-order valence-electron chi connectivity index (χ3n) is 15.5. The maximum atomic E-state index is 9.94. The second kappa shape index (κ2) is 18.5. The van der Waals surface area contributed by atoms with E-state index >= 15 is 0 Å². The molecule has 0 saturated heterocycles. The molecule has 0 nitrogen and oxygen atoms in total. The van der Waals surface area contributed by atoms with Crippen LogP contribution in [0.25, 0.3) is 0 Å². The average Bonchev–Trinajstić information content (AvgIpc) is 0.817. The zero-order chi connectivity index (χ0) is 60.0. The standard InChI is InChI=1S/C68H60S2Si3/c1-67(2)57-39-19-21-43-61(57)69-65-59(67)41-25-45-63(65)72(49-27-11-7-12-28-49,50-29-13-8-14-30-50)55-37-23-35-53(47-55)71(5,6)54-36-24-38-56(48-54)73(51-31-15-9-16-32-51,52-33-17-10-18-34-52)64-46-26-42-60-66(64)70-62-44-22-20-40-58(62)68(60,3)4/h7-48H,1-6H3/i1D3,3D3,5D3,6D3. The van der Waals surface area contributed by atoms with E-state index in [-0.39, 0.29) is 10.4 Å². The summed E-state index contributed by atoms with van der Waals surface area (Å²) < 4.78 is 115. The molecule has 0 aliphatic carbocycles. The van der Waals surface area contributed by atoms with Crippen LogP contribution in [0.15, 0.2) is 274 Å². The van der Waals surface area contributed by atoms with Gasteiger partial charge in [0.15, 0.2) is 16.1 Å². The first-order chi connectivity index (χ1) is 40.5. The highest BCUT2D eigenvalue weighted by Crippen LogP contribution is 2.50. The third kappa shape index (κ3) is 7.53. The lowest BCUT2D eigenvalue weighted by atomic mass is 9.78. The molecule has 2 aliphatic rings. The predicted molar refractivity (Wildman–Crippen MR) is 322 cm³/mol. The summed E-state index contributed by atoms with van der Waals surface area (Å²) in [6.45, 7) is -7.48. The SMILES string of the molecule is [2H]C([2H])([2H])C1(C)c2ccccc2Sc2c1cccc2[Si](c1ccccc1)(c1ccccc1)c1cccc([Si](c2cccc([Si](c3ccccc3)(c3ccccc3)c3cccc4c3Sc3ccccc3C4(C)C([2H])([2H])[2H])c2)(C([2H])([2H])[2H])C([2H])([2H])[2H])c1. The van der Waals surface area contributed by atoms with Gasteiger partial charge in [-0.2, -0.15) is 0 Å². The average molecular weight is 1040 g/mol. The van der Waals surface area contributed by atoms with Crippen molar-refractivity contribution in [2.45, 2.75) is 70.9 Å². The summed E-state index contributed by atoms with van der Waals surface area (Å²) >= 11 is 3.09. The molecule has 0 aromatic heterocycles. The normalized spacial score (nSPS) is 20.3. The molecular weight excluding hydrogens is 965 g/mol. The molecule has 0 saturated carbocycles. The Hall–Kier alpha value is -6.45. The van der Waals surface area contributed by atoms with E-state index in [4.69, 9.17) is 0 Å². The van der Waals surface area contributed by atoms with E-state index in [2.05, 4.69) is 60.7 Å². The number of fused-ring (bicyclic) bond motifs is 4. The maximum Gasteiger partial charge on any atom is 0.180 e. The van der Waals surface area contributed by atoms with Gasteiger partial charge >= 0.3 is 0 Å². The van der Waals surface area contributed by atoms with E-state index in [1.54, 1.807) is 35.7 Å². The Morgan fingerprint density at radius 3 is 0.973 bits per heavy atom. The zero-order valence-corrected chi connectivity index (χ0v) is 45.2. The summed E-state index contributed by atoms with van der Waals surface area (Å²) in [5, 5.41) is 7.50. The van der Waals surface area contributed by atoms with E-state index in [0.29, 0.717) is 22.3 Å². The van der Waals surface area contributed by atoms with Gasteiger partial charge in [0.05, 0.1) is 0 Å². The van der Waals surface area contributed by atoms with Crippen molar-refractivity contribution in [3.63, 3.8) is 0 Å². The quantitative estimate of drug-likeness (QED) is 0.0989. The van der Waals surface area contributed by atoms with Crippen LogP contribution in [0, 0.1) is 0 Å². The van der Waals surface area contributed by atoms with Gasteiger partial charge < -0.3 is 0 Å². The van der Waals surface area contributed by atoms with Crippen LogP contribution in [-0.4, -0.2) is 24.2 Å². The van der Waals surface area contributed by atoms with Gasteiger partial charge in [-0.25, -0.2) is 0 Å². The van der Waals surface area contributed by atoms with Crippen molar-refractivity contribution in [1.29, 1.82) is 0 Å². The first-order valence-electron chi connectivity index (χ1n) is 30.7. The molecule has 5 heteroatoms. The molecule has 0 bridgehead atoms. The minimum atomic E-state index is -5.14. The van der Waals surface area contributed by atoms with Crippen molar-refractivity contribution >= 4 is 99.6 Å². The van der Waals surface area contributed by atoms with Crippen LogP contribution in [0.3, 0.4) is 0 Å². The van der Waals surface area contributed by atoms with Crippen molar-refractivity contribution in [2.75, 3.05) is 0 Å². The Bertz CT molecular complexity index is 3790. The van der Waals surface area contributed by atoms with Gasteiger partial charge in [0.2, 0.25) is 0 Å². The molecule has 12 rings (SSSR count). The van der Waals surface area contributed by atoms with Crippen molar-refractivity contribution in [2.24, 2.45) is 0 Å². The van der Waals surface area contributed by atoms with Crippen LogP contribution in [0.4, 0.5) is 0 Å². The highest BCUT2D eigenvalue weighted by Gasteiger charge is 2.48. The van der Waals surface area contributed by atoms with Crippen LogP contribution < -0.4 is 51.9 Å². The zero-order valence-electron chi connectivity index (χ0n) is 52.6. The molecule has 2 unspecified atom stereocenters. The molecule has 2 atom stereocenters. The van der Waals surface area contributed by atoms with E-state index in [1.807, 2.05) is 196 Å². The summed E-state index contributed by atoms with van der Waals surface area (Å²) in [7, 11) is -12.7. The summed E-state index contributed by atoms with van der Waals surface area (Å²) in [5.74, 6) is 0. The van der Waals surface area contributed by atoms with Crippen LogP contribution >= 0.6 is 23.5 Å². The van der Waals surface area contributed by atoms with Crippen molar-refractivity contribution < 1.29 is 16.4 Å². The lowest BCUT2D eigenvalue weighted by molar-refractivity contribution is 0.608. The molecule has 0 spiro atoms. The van der Waals surface area contributed by atoms with E-state index in [1.165, 1.54) is 0 Å². The maximum absolute atomic E-state index is 9.94. The Balaban J connectivity index is 1.17. The predicted octanol–water partition coefficient (Wildman–Crippen LogP) is 10.8. The molecule has 2 aliphatic heterocycles. The fraction of sp³-hybridized carbons (Fsp3) is 0.118. The highest BCUT2D eigenvalue weighted by atomic mass is 32.2. The lowest BCUT2D eigenvalue weighted by Crippen LogP contribution is -2.76. The first kappa shape index (κ1) is 35.7. The monoisotopic (exact) mass is 1040 g/mol. The second-order valence-electron chi connectivity index (χ2n) is 19.7. The number of hydrogen-bond donors (Lipinski definition) is 0. The van der Waals surface area contributed by atoms with Gasteiger partial charge in [0, 0.05) is 46.9 Å². The minimum Gasteiger partial charge on any atom is -0.0895 e. The van der Waals surface area contributed by atoms with Gasteiger partial charge in [0.25, 0.3) is 0 Å². The Morgan fingerprint density at radius 1 is 0.315 bits per heavy atom. The molecule has 0 amide bonds. The van der Waals surface area contributed by atoms with E-state index in [9.17, 15) is 16.4 Å². The summed E-state index contributed by atoms with van der Waals surface area (Å²) in [6.07, 6.45) is 0. The molecule has 356 valence electrons. The van der Waals surface area contributed by atoms with Gasteiger partial charge in [0.1, 0.15) is 8.07 Å². The smallest absolute Gasteiger partial charge is 0.0895 e. The molecule has 73 heavy (non-hydrogen) atoms. The van der Waals surface area contributed by atoms with Gasteiger partial charge in [-0.1, -0.05) is 317 Å². The fourth-order valence-corrected chi connectivity index (χ4v) is 27.6. The van der Waals surface area contributed by atoms with Crippen LogP contribution in [0.5, 0.6) is 0 Å². The largest absolute Gasteiger partial charge is 0.180 e. The van der Waals surface area contributed by atoms with E-state index in [0.717, 1.165) is 61.1 Å². The molecule has 0 radical (unpaired) electrons. The van der Waals surface area contributed by atoms with Gasteiger partial charge in [-0.3, -0.25) is 0 Å². The fourth-order valence-electron chi connectivity index (χ4n) is 11.9. The molecule has 10 aromatic rings. The summed E-state index contributed by atoms with van der Waals surface area (Å²) in [4.78, 5) is 3.26. The van der Waals surface area contributed by atoms with Gasteiger partial charge in [-0.05, 0) is 75.9 Å². The Morgan fingerprint density at radius 2 is 0.616 bits per heavy atom. The topological polar surface area (TPSA) is 0 Å². The summed E-state index contributed by atoms with van der Waals surface area (Å²) in [6, 6.07) is 82.7. The Kier molecular flexibility index (Phi) is 9.03.